The van der Waals surface area contributed by atoms with Crippen LogP contribution in [0.2, 0.25) is 0 Å². The van der Waals surface area contributed by atoms with Crippen LogP contribution in [-0.2, 0) is 4.79 Å². The number of anilines is 1. The molecule has 0 bridgehead atoms. The molecule has 0 saturated heterocycles. The van der Waals surface area contributed by atoms with Crippen LogP contribution >= 0.6 is 0 Å². The van der Waals surface area contributed by atoms with Crippen molar-refractivity contribution in [1.82, 2.24) is 10.1 Å². The third-order valence-electron chi connectivity index (χ3n) is 3.63. The van der Waals surface area contributed by atoms with Gasteiger partial charge in [-0.2, -0.15) is 0 Å². The summed E-state index contributed by atoms with van der Waals surface area (Å²) in [5.74, 6) is 0.653. The van der Waals surface area contributed by atoms with Crippen molar-refractivity contribution in [3.63, 3.8) is 0 Å². The molecule has 0 aliphatic heterocycles. The summed E-state index contributed by atoms with van der Waals surface area (Å²) >= 11 is 0. The maximum Gasteiger partial charge on any atom is 0.221 e. The minimum atomic E-state index is -0.0991. The van der Waals surface area contributed by atoms with Crippen LogP contribution in [0.3, 0.4) is 0 Å². The molecule has 0 saturated carbocycles. The third kappa shape index (κ3) is 2.45. The lowest BCUT2D eigenvalue weighted by atomic mass is 10.0. The van der Waals surface area contributed by atoms with Gasteiger partial charge in [0.2, 0.25) is 5.91 Å². The van der Waals surface area contributed by atoms with Gasteiger partial charge in [-0.25, -0.2) is 4.98 Å². The number of hydrogen-bond acceptors (Lipinski definition) is 4. The van der Waals surface area contributed by atoms with Crippen LogP contribution < -0.4 is 5.32 Å². The Labute approximate surface area is 128 Å². The molecule has 2 aromatic heterocycles. The molecule has 0 unspecified atom stereocenters. The van der Waals surface area contributed by atoms with Gasteiger partial charge < -0.3 is 9.84 Å². The minimum Gasteiger partial charge on any atom is -0.361 e. The van der Waals surface area contributed by atoms with Crippen molar-refractivity contribution in [2.24, 2.45) is 0 Å². The number of fused-ring (bicyclic) bond motifs is 1. The van der Waals surface area contributed by atoms with Gasteiger partial charge in [0.25, 0.3) is 0 Å². The van der Waals surface area contributed by atoms with E-state index in [9.17, 15) is 4.79 Å². The molecule has 112 valence electrons. The molecule has 1 N–H and O–H groups in total. The molecular formula is C17H17N3O2. The Morgan fingerprint density at radius 1 is 1.18 bits per heavy atom. The highest BCUT2D eigenvalue weighted by Gasteiger charge is 2.14. The van der Waals surface area contributed by atoms with Gasteiger partial charge >= 0.3 is 0 Å². The summed E-state index contributed by atoms with van der Waals surface area (Å²) in [5.41, 5.74) is 5.27. The van der Waals surface area contributed by atoms with Crippen molar-refractivity contribution in [2.45, 2.75) is 27.7 Å². The van der Waals surface area contributed by atoms with Crippen LogP contribution in [0, 0.1) is 20.8 Å². The topological polar surface area (TPSA) is 68.0 Å². The first-order valence-corrected chi connectivity index (χ1v) is 7.08. The van der Waals surface area contributed by atoms with E-state index in [1.54, 1.807) is 0 Å². The van der Waals surface area contributed by atoms with Gasteiger partial charge in [0.05, 0.1) is 22.5 Å². The number of hydrogen-bond donors (Lipinski definition) is 1. The quantitative estimate of drug-likeness (QED) is 0.781. The molecule has 0 atom stereocenters. The van der Waals surface area contributed by atoms with Gasteiger partial charge in [0.15, 0.2) is 0 Å². The normalized spacial score (nSPS) is 10.9. The third-order valence-corrected chi connectivity index (χ3v) is 3.63. The van der Waals surface area contributed by atoms with Crippen LogP contribution in [0.15, 0.2) is 28.8 Å². The fourth-order valence-electron chi connectivity index (χ4n) is 2.66. The molecular weight excluding hydrogens is 278 g/mol. The zero-order chi connectivity index (χ0) is 15.9. The smallest absolute Gasteiger partial charge is 0.221 e. The number of nitrogens with one attached hydrogen (secondary N) is 1. The molecule has 5 nitrogen and oxygen atoms in total. The molecule has 2 heterocycles. The second-order valence-corrected chi connectivity index (χ2v) is 5.44. The van der Waals surface area contributed by atoms with Gasteiger partial charge in [-0.15, -0.1) is 0 Å². The van der Waals surface area contributed by atoms with Gasteiger partial charge in [-0.05, 0) is 44.5 Å². The summed E-state index contributed by atoms with van der Waals surface area (Å²) in [6.07, 6.45) is 0. The predicted octanol–water partition coefficient (Wildman–Crippen LogP) is 3.77. The summed E-state index contributed by atoms with van der Waals surface area (Å²) in [7, 11) is 0. The highest BCUT2D eigenvalue weighted by molar-refractivity contribution is 5.93. The lowest BCUT2D eigenvalue weighted by Crippen LogP contribution is -2.05. The fourth-order valence-corrected chi connectivity index (χ4v) is 2.66. The maximum atomic E-state index is 11.2. The van der Waals surface area contributed by atoms with E-state index < -0.39 is 0 Å². The number of aryl methyl sites for hydroxylation is 3. The van der Waals surface area contributed by atoms with Crippen LogP contribution in [0.1, 0.15) is 23.9 Å². The Balaban J connectivity index is 2.19. The highest BCUT2D eigenvalue weighted by Crippen LogP contribution is 2.30. The molecule has 1 aromatic carbocycles. The molecule has 3 rings (SSSR count). The molecule has 1 amide bonds. The van der Waals surface area contributed by atoms with Gasteiger partial charge in [-0.3, -0.25) is 4.79 Å². The van der Waals surface area contributed by atoms with Crippen molar-refractivity contribution in [2.75, 3.05) is 5.32 Å². The number of nitrogens with zero attached hydrogens (tertiary/aromatic N) is 2. The van der Waals surface area contributed by atoms with Gasteiger partial charge in [0.1, 0.15) is 5.76 Å². The lowest BCUT2D eigenvalue weighted by Gasteiger charge is -2.08. The number of carbonyl (C=O) groups excluding carboxylic acids is 1. The SMILES string of the molecule is CC(=O)Nc1ccc2c(C)cc(-c3c(C)noc3C)nc2c1. The first-order chi connectivity index (χ1) is 10.5. The van der Waals surface area contributed by atoms with E-state index in [1.807, 2.05) is 45.0 Å². The number of pyridine rings is 1. The maximum absolute atomic E-state index is 11.2. The van der Waals surface area contributed by atoms with Crippen LogP contribution in [0.4, 0.5) is 5.69 Å². The van der Waals surface area contributed by atoms with E-state index in [4.69, 9.17) is 9.51 Å². The fraction of sp³-hybridized carbons (Fsp3) is 0.235. The second-order valence-electron chi connectivity index (χ2n) is 5.44. The predicted molar refractivity (Wildman–Crippen MR) is 85.8 cm³/mol. The summed E-state index contributed by atoms with van der Waals surface area (Å²) in [6, 6.07) is 7.77. The minimum absolute atomic E-state index is 0.0991. The van der Waals surface area contributed by atoms with Crippen LogP contribution in [0.5, 0.6) is 0 Å². The molecule has 5 heteroatoms. The molecule has 0 spiro atoms. The van der Waals surface area contributed by atoms with E-state index in [0.29, 0.717) is 0 Å². The summed E-state index contributed by atoms with van der Waals surface area (Å²) in [6.45, 7) is 7.32. The highest BCUT2D eigenvalue weighted by atomic mass is 16.5. The monoisotopic (exact) mass is 295 g/mol. The molecule has 0 aliphatic carbocycles. The number of aromatic nitrogens is 2. The van der Waals surface area contributed by atoms with E-state index in [1.165, 1.54) is 6.92 Å². The molecule has 0 aliphatic rings. The molecule has 0 radical (unpaired) electrons. The van der Waals surface area contributed by atoms with E-state index >= 15 is 0 Å². The van der Waals surface area contributed by atoms with Gasteiger partial charge in [-0.1, -0.05) is 11.2 Å². The van der Waals surface area contributed by atoms with E-state index in [-0.39, 0.29) is 5.91 Å². The zero-order valence-electron chi connectivity index (χ0n) is 13.0. The zero-order valence-corrected chi connectivity index (χ0v) is 13.0. The molecule has 3 aromatic rings. The average molecular weight is 295 g/mol. The Bertz CT molecular complexity index is 861. The Morgan fingerprint density at radius 3 is 2.59 bits per heavy atom. The Hall–Kier alpha value is -2.69. The van der Waals surface area contributed by atoms with Crippen molar-refractivity contribution in [1.29, 1.82) is 0 Å². The Morgan fingerprint density at radius 2 is 1.95 bits per heavy atom. The lowest BCUT2D eigenvalue weighted by molar-refractivity contribution is -0.114. The number of benzene rings is 1. The van der Waals surface area contributed by atoms with Crippen molar-refractivity contribution >= 4 is 22.5 Å². The Kier molecular flexibility index (Phi) is 3.41. The number of amides is 1. The van der Waals surface area contributed by atoms with Gasteiger partial charge in [0, 0.05) is 18.0 Å². The van der Waals surface area contributed by atoms with Crippen molar-refractivity contribution in [3.8, 4) is 11.3 Å². The van der Waals surface area contributed by atoms with Crippen molar-refractivity contribution < 1.29 is 9.32 Å². The standard InChI is InChI=1S/C17H17N3O2/c1-9-7-16(17-10(2)20-22-11(17)3)19-15-8-13(18-12(4)21)5-6-14(9)15/h5-8H,1-4H3,(H,18,21). The molecule has 0 fully saturated rings. The molecule has 22 heavy (non-hydrogen) atoms. The van der Waals surface area contributed by atoms with Crippen LogP contribution in [-0.4, -0.2) is 16.0 Å². The van der Waals surface area contributed by atoms with Crippen molar-refractivity contribution in [3.05, 3.63) is 41.3 Å². The first-order valence-electron chi connectivity index (χ1n) is 7.08. The second kappa shape index (κ2) is 5.26. The summed E-state index contributed by atoms with van der Waals surface area (Å²) in [5, 5.41) is 7.83. The summed E-state index contributed by atoms with van der Waals surface area (Å²) < 4.78 is 5.23. The van der Waals surface area contributed by atoms with E-state index in [2.05, 4.69) is 10.5 Å². The number of rotatable bonds is 2. The van der Waals surface area contributed by atoms with Crippen LogP contribution in [0.25, 0.3) is 22.2 Å². The number of carbonyl (C=O) groups is 1. The largest absolute Gasteiger partial charge is 0.361 e. The summed E-state index contributed by atoms with van der Waals surface area (Å²) in [4.78, 5) is 15.9. The first kappa shape index (κ1) is 14.3. The average Bonchev–Trinajstić information content (AvgIpc) is 2.77. The van der Waals surface area contributed by atoms with E-state index in [0.717, 1.165) is 44.9 Å².